The molecule has 0 spiro atoms. The summed E-state index contributed by atoms with van der Waals surface area (Å²) in [5.74, 6) is 0. The monoisotopic (exact) mass is 251 g/mol. The van der Waals surface area contributed by atoms with Gasteiger partial charge in [-0.15, -0.1) is 0 Å². The summed E-state index contributed by atoms with van der Waals surface area (Å²) in [5, 5.41) is 9.13. The maximum absolute atomic E-state index is 11.3. The molecular formula is C11H13N3O2S. The van der Waals surface area contributed by atoms with E-state index in [4.69, 9.17) is 5.14 Å². The van der Waals surface area contributed by atoms with Crippen LogP contribution in [0.1, 0.15) is 11.3 Å². The Bertz CT molecular complexity index is 642. The number of hydrogen-bond acceptors (Lipinski definition) is 3. The van der Waals surface area contributed by atoms with Gasteiger partial charge in [-0.1, -0.05) is 17.7 Å². The second-order valence-corrected chi connectivity index (χ2v) is 5.42. The molecule has 2 N–H and O–H groups in total. The van der Waals surface area contributed by atoms with E-state index in [1.165, 1.54) is 6.20 Å². The minimum atomic E-state index is -3.71. The second-order valence-electron chi connectivity index (χ2n) is 3.89. The normalized spacial score (nSPS) is 11.7. The number of sulfonamides is 1. The molecule has 17 heavy (non-hydrogen) atoms. The Morgan fingerprint density at radius 1 is 1.18 bits per heavy atom. The molecule has 2 rings (SSSR count). The van der Waals surface area contributed by atoms with Crippen LogP contribution in [0.3, 0.4) is 0 Å². The molecule has 1 heterocycles. The van der Waals surface area contributed by atoms with Crippen LogP contribution in [-0.4, -0.2) is 18.2 Å². The van der Waals surface area contributed by atoms with E-state index < -0.39 is 10.0 Å². The quantitative estimate of drug-likeness (QED) is 0.869. The predicted molar refractivity (Wildman–Crippen MR) is 64.4 cm³/mol. The molecule has 0 aliphatic rings. The lowest BCUT2D eigenvalue weighted by atomic mass is 10.2. The first kappa shape index (κ1) is 11.8. The molecule has 0 atom stereocenters. The largest absolute Gasteiger partial charge is 0.241 e. The van der Waals surface area contributed by atoms with Crippen LogP contribution >= 0.6 is 0 Å². The first-order valence-electron chi connectivity index (χ1n) is 5.04. The van der Waals surface area contributed by atoms with Gasteiger partial charge in [0.2, 0.25) is 10.0 Å². The molecular weight excluding hydrogens is 238 g/mol. The van der Waals surface area contributed by atoms with E-state index in [1.807, 2.05) is 31.2 Å². The Labute approximate surface area is 99.9 Å². The van der Waals surface area contributed by atoms with Gasteiger partial charge < -0.3 is 0 Å². The van der Waals surface area contributed by atoms with Crippen LogP contribution in [0.25, 0.3) is 5.69 Å². The molecule has 1 aromatic heterocycles. The Kier molecular flexibility index (Phi) is 2.76. The van der Waals surface area contributed by atoms with E-state index in [0.29, 0.717) is 5.69 Å². The molecule has 1 aromatic carbocycles. The molecule has 0 fully saturated rings. The Balaban J connectivity index is 2.55. The average molecular weight is 251 g/mol. The Hall–Kier alpha value is -1.66. The van der Waals surface area contributed by atoms with E-state index in [1.54, 1.807) is 11.6 Å². The lowest BCUT2D eigenvalue weighted by Gasteiger charge is -2.05. The number of nitrogens with zero attached hydrogens (tertiary/aromatic N) is 2. The Morgan fingerprint density at radius 2 is 1.76 bits per heavy atom. The van der Waals surface area contributed by atoms with Crippen molar-refractivity contribution in [2.24, 2.45) is 5.14 Å². The fourth-order valence-corrected chi connectivity index (χ4v) is 2.31. The third-order valence-corrected chi connectivity index (χ3v) is 3.56. The lowest BCUT2D eigenvalue weighted by Crippen LogP contribution is -2.13. The van der Waals surface area contributed by atoms with E-state index in [9.17, 15) is 8.42 Å². The first-order chi connectivity index (χ1) is 7.89. The standard InChI is InChI=1S/C11H13N3O2S/c1-8-3-5-10(6-4-8)14-9(2)11(7-13-14)17(12,15)16/h3-7H,1-2H3,(H2,12,15,16). The van der Waals surface area contributed by atoms with Gasteiger partial charge in [-0.25, -0.2) is 18.2 Å². The van der Waals surface area contributed by atoms with E-state index in [0.717, 1.165) is 11.3 Å². The molecule has 0 saturated heterocycles. The topological polar surface area (TPSA) is 78.0 Å². The summed E-state index contributed by atoms with van der Waals surface area (Å²) < 4.78 is 24.1. The summed E-state index contributed by atoms with van der Waals surface area (Å²) in [5.41, 5.74) is 2.45. The van der Waals surface area contributed by atoms with Gasteiger partial charge in [0.05, 0.1) is 17.6 Å². The number of rotatable bonds is 2. The van der Waals surface area contributed by atoms with Crippen LogP contribution in [0.2, 0.25) is 0 Å². The molecule has 0 aliphatic heterocycles. The van der Waals surface area contributed by atoms with E-state index >= 15 is 0 Å². The van der Waals surface area contributed by atoms with Crippen molar-refractivity contribution in [2.45, 2.75) is 18.7 Å². The smallest absolute Gasteiger partial charge is 0.237 e. The summed E-state index contributed by atoms with van der Waals surface area (Å²) in [6, 6.07) is 7.63. The highest BCUT2D eigenvalue weighted by molar-refractivity contribution is 7.89. The maximum Gasteiger partial charge on any atom is 0.241 e. The molecule has 90 valence electrons. The highest BCUT2D eigenvalue weighted by Gasteiger charge is 2.16. The molecule has 2 aromatic rings. The van der Waals surface area contributed by atoms with Gasteiger partial charge in [-0.05, 0) is 26.0 Å². The van der Waals surface area contributed by atoms with Crippen molar-refractivity contribution in [3.8, 4) is 5.69 Å². The fraction of sp³-hybridized carbons (Fsp3) is 0.182. The SMILES string of the molecule is Cc1ccc(-n2ncc(S(N)(=O)=O)c2C)cc1. The summed E-state index contributed by atoms with van der Waals surface area (Å²) >= 11 is 0. The van der Waals surface area contributed by atoms with Crippen molar-refractivity contribution in [2.75, 3.05) is 0 Å². The predicted octanol–water partition coefficient (Wildman–Crippen LogP) is 1.14. The number of nitrogens with two attached hydrogens (primary N) is 1. The molecule has 0 radical (unpaired) electrons. The van der Waals surface area contributed by atoms with Gasteiger partial charge in [0.25, 0.3) is 0 Å². The van der Waals surface area contributed by atoms with Gasteiger partial charge in [0.15, 0.2) is 0 Å². The van der Waals surface area contributed by atoms with Crippen LogP contribution in [0.4, 0.5) is 0 Å². The molecule has 0 saturated carbocycles. The van der Waals surface area contributed by atoms with Gasteiger partial charge in [0.1, 0.15) is 4.90 Å². The Morgan fingerprint density at radius 3 is 2.24 bits per heavy atom. The number of benzene rings is 1. The average Bonchev–Trinajstić information content (AvgIpc) is 2.61. The van der Waals surface area contributed by atoms with Crippen molar-refractivity contribution in [1.29, 1.82) is 0 Å². The highest BCUT2D eigenvalue weighted by Crippen LogP contribution is 2.17. The summed E-state index contributed by atoms with van der Waals surface area (Å²) in [4.78, 5) is 0.0538. The van der Waals surface area contributed by atoms with Crippen molar-refractivity contribution in [1.82, 2.24) is 9.78 Å². The van der Waals surface area contributed by atoms with E-state index in [-0.39, 0.29) is 4.90 Å². The summed E-state index contributed by atoms with van der Waals surface area (Å²) in [6.45, 7) is 3.65. The highest BCUT2D eigenvalue weighted by atomic mass is 32.2. The van der Waals surface area contributed by atoms with Crippen LogP contribution < -0.4 is 5.14 Å². The number of primary sulfonamides is 1. The minimum absolute atomic E-state index is 0.0538. The molecule has 0 unspecified atom stereocenters. The third kappa shape index (κ3) is 2.22. The van der Waals surface area contributed by atoms with Gasteiger partial charge in [-0.3, -0.25) is 0 Å². The molecule has 0 aliphatic carbocycles. The van der Waals surface area contributed by atoms with Crippen LogP contribution in [-0.2, 0) is 10.0 Å². The number of hydrogen-bond donors (Lipinski definition) is 1. The van der Waals surface area contributed by atoms with Crippen LogP contribution in [0.15, 0.2) is 35.4 Å². The molecule has 0 amide bonds. The third-order valence-electron chi connectivity index (χ3n) is 2.55. The molecule has 5 nitrogen and oxygen atoms in total. The van der Waals surface area contributed by atoms with Crippen LogP contribution in [0, 0.1) is 13.8 Å². The minimum Gasteiger partial charge on any atom is -0.237 e. The zero-order valence-electron chi connectivity index (χ0n) is 9.58. The van der Waals surface area contributed by atoms with Gasteiger partial charge in [-0.2, -0.15) is 5.10 Å². The molecule has 6 heteroatoms. The first-order valence-corrected chi connectivity index (χ1v) is 6.58. The van der Waals surface area contributed by atoms with Crippen molar-refractivity contribution >= 4 is 10.0 Å². The van der Waals surface area contributed by atoms with E-state index in [2.05, 4.69) is 5.10 Å². The van der Waals surface area contributed by atoms with Crippen LogP contribution in [0.5, 0.6) is 0 Å². The zero-order chi connectivity index (χ0) is 12.6. The summed E-state index contributed by atoms with van der Waals surface area (Å²) in [6.07, 6.45) is 1.27. The zero-order valence-corrected chi connectivity index (χ0v) is 10.4. The van der Waals surface area contributed by atoms with Gasteiger partial charge in [0, 0.05) is 0 Å². The number of aromatic nitrogens is 2. The molecule has 0 bridgehead atoms. The second kappa shape index (κ2) is 3.97. The maximum atomic E-state index is 11.3. The van der Waals surface area contributed by atoms with Crippen molar-refractivity contribution in [3.63, 3.8) is 0 Å². The number of aryl methyl sites for hydroxylation is 1. The van der Waals surface area contributed by atoms with Gasteiger partial charge >= 0.3 is 0 Å². The van der Waals surface area contributed by atoms with Crippen molar-refractivity contribution < 1.29 is 8.42 Å². The fourth-order valence-electron chi connectivity index (χ4n) is 1.62. The van der Waals surface area contributed by atoms with Crippen molar-refractivity contribution in [3.05, 3.63) is 41.7 Å². The summed E-state index contributed by atoms with van der Waals surface area (Å²) in [7, 11) is -3.71. The lowest BCUT2D eigenvalue weighted by molar-refractivity contribution is 0.597.